The summed E-state index contributed by atoms with van der Waals surface area (Å²) >= 11 is 0. The molecule has 0 amide bonds. The first-order chi connectivity index (χ1) is 8.69. The summed E-state index contributed by atoms with van der Waals surface area (Å²) in [6, 6.07) is 3.55. The van der Waals surface area contributed by atoms with E-state index in [1.165, 1.54) is 0 Å². The lowest BCUT2D eigenvalue weighted by Gasteiger charge is -1.99. The first-order valence-corrected chi connectivity index (χ1v) is 5.36. The average Bonchev–Trinajstić information content (AvgIpc) is 2.78. The molecular weight excluding hydrogens is 234 g/mol. The van der Waals surface area contributed by atoms with E-state index in [0.29, 0.717) is 17.3 Å². The Morgan fingerprint density at radius 3 is 3.06 bits per heavy atom. The Morgan fingerprint density at radius 2 is 2.33 bits per heavy atom. The Bertz CT molecular complexity index is 575. The Kier molecular flexibility index (Phi) is 3.60. The number of hydrogen-bond acceptors (Lipinski definition) is 7. The molecule has 0 fully saturated rings. The van der Waals surface area contributed by atoms with E-state index < -0.39 is 6.10 Å². The molecule has 0 aromatic carbocycles. The lowest BCUT2D eigenvalue weighted by Crippen LogP contribution is -2.09. The van der Waals surface area contributed by atoms with Gasteiger partial charge in [0, 0.05) is 6.20 Å². The van der Waals surface area contributed by atoms with Crippen molar-refractivity contribution in [3.63, 3.8) is 0 Å². The van der Waals surface area contributed by atoms with Crippen molar-refractivity contribution in [3.05, 3.63) is 24.0 Å². The second-order valence-electron chi connectivity index (χ2n) is 3.72. The number of aryl methyl sites for hydroxylation is 1. The number of aliphatic hydroxyl groups excluding tert-OH is 1. The van der Waals surface area contributed by atoms with Crippen molar-refractivity contribution in [3.8, 4) is 17.6 Å². The Morgan fingerprint density at radius 1 is 1.50 bits per heavy atom. The van der Waals surface area contributed by atoms with Gasteiger partial charge in [-0.2, -0.15) is 10.2 Å². The van der Waals surface area contributed by atoms with Crippen molar-refractivity contribution < 1.29 is 9.63 Å². The second kappa shape index (κ2) is 5.33. The second-order valence-corrected chi connectivity index (χ2v) is 3.72. The van der Waals surface area contributed by atoms with Gasteiger partial charge in [0.05, 0.1) is 25.0 Å². The topological polar surface area (TPSA) is 109 Å². The van der Waals surface area contributed by atoms with Crippen molar-refractivity contribution in [2.24, 2.45) is 0 Å². The summed E-state index contributed by atoms with van der Waals surface area (Å²) in [6.07, 6.45) is 1.00. The van der Waals surface area contributed by atoms with Gasteiger partial charge in [-0.25, -0.2) is 9.97 Å². The fourth-order valence-electron chi connectivity index (χ4n) is 1.40. The molecule has 0 saturated heterocycles. The number of rotatable bonds is 4. The third-order valence-electron chi connectivity index (χ3n) is 2.21. The van der Waals surface area contributed by atoms with E-state index in [-0.39, 0.29) is 18.7 Å². The van der Waals surface area contributed by atoms with Crippen LogP contribution in [0.2, 0.25) is 0 Å². The fraction of sp³-hybridized carbons (Fsp3) is 0.364. The van der Waals surface area contributed by atoms with Gasteiger partial charge in [0.15, 0.2) is 0 Å². The van der Waals surface area contributed by atoms with Crippen LogP contribution in [-0.4, -0.2) is 31.3 Å². The molecule has 2 aromatic heterocycles. The van der Waals surface area contributed by atoms with Gasteiger partial charge < -0.3 is 9.63 Å². The quantitative estimate of drug-likeness (QED) is 0.842. The van der Waals surface area contributed by atoms with Crippen LogP contribution in [0.5, 0.6) is 0 Å². The maximum Gasteiger partial charge on any atom is 0.229 e. The molecule has 0 bridgehead atoms. The maximum absolute atomic E-state index is 9.45. The zero-order chi connectivity index (χ0) is 13.0. The monoisotopic (exact) mass is 245 g/mol. The fourth-order valence-corrected chi connectivity index (χ4v) is 1.40. The van der Waals surface area contributed by atoms with Gasteiger partial charge in [-0.3, -0.25) is 0 Å². The molecule has 7 heteroatoms. The van der Waals surface area contributed by atoms with E-state index in [2.05, 4.69) is 20.1 Å². The molecule has 0 aliphatic rings. The van der Waals surface area contributed by atoms with E-state index in [4.69, 9.17) is 9.78 Å². The highest BCUT2D eigenvalue weighted by molar-refractivity contribution is 5.46. The summed E-state index contributed by atoms with van der Waals surface area (Å²) in [7, 11) is 0. The molecule has 1 N–H and O–H groups in total. The lowest BCUT2D eigenvalue weighted by molar-refractivity contribution is 0.167. The van der Waals surface area contributed by atoms with Gasteiger partial charge in [0.25, 0.3) is 0 Å². The number of aromatic nitrogens is 4. The van der Waals surface area contributed by atoms with Gasteiger partial charge in [-0.15, -0.1) is 0 Å². The molecule has 7 nitrogen and oxygen atoms in total. The Labute approximate surface area is 103 Å². The van der Waals surface area contributed by atoms with Crippen molar-refractivity contribution in [2.75, 3.05) is 0 Å². The standard InChI is InChI=1S/C11H11N5O2/c1-7-13-5-3-9(14-7)11-15-10(18-16-11)6-8(17)2-4-12/h3,5,8,17H,2,6H2,1H3. The summed E-state index contributed by atoms with van der Waals surface area (Å²) in [5.41, 5.74) is 0.562. The van der Waals surface area contributed by atoms with E-state index in [9.17, 15) is 5.11 Å². The van der Waals surface area contributed by atoms with Crippen molar-refractivity contribution >= 4 is 0 Å². The van der Waals surface area contributed by atoms with Gasteiger partial charge in [0.2, 0.25) is 11.7 Å². The maximum atomic E-state index is 9.45. The lowest BCUT2D eigenvalue weighted by atomic mass is 10.2. The minimum absolute atomic E-state index is 0.0321. The normalized spacial score (nSPS) is 12.1. The molecule has 2 heterocycles. The van der Waals surface area contributed by atoms with Crippen LogP contribution in [0, 0.1) is 18.3 Å². The number of nitriles is 1. The molecule has 0 radical (unpaired) electrons. The predicted octanol–water partition coefficient (Wildman–Crippen LogP) is 0.652. The van der Waals surface area contributed by atoms with Gasteiger partial charge in [-0.05, 0) is 13.0 Å². The van der Waals surface area contributed by atoms with Crippen LogP contribution in [0.4, 0.5) is 0 Å². The first-order valence-electron chi connectivity index (χ1n) is 5.36. The van der Waals surface area contributed by atoms with E-state index >= 15 is 0 Å². The zero-order valence-electron chi connectivity index (χ0n) is 9.74. The molecule has 18 heavy (non-hydrogen) atoms. The van der Waals surface area contributed by atoms with Gasteiger partial charge in [-0.1, -0.05) is 5.16 Å². The Balaban J connectivity index is 2.13. The molecule has 0 aliphatic carbocycles. The molecule has 1 atom stereocenters. The van der Waals surface area contributed by atoms with Crippen molar-refractivity contribution in [1.29, 1.82) is 5.26 Å². The minimum Gasteiger partial charge on any atom is -0.392 e. The van der Waals surface area contributed by atoms with Crippen LogP contribution in [0.1, 0.15) is 18.1 Å². The van der Waals surface area contributed by atoms with Crippen LogP contribution in [-0.2, 0) is 6.42 Å². The average molecular weight is 245 g/mol. The smallest absolute Gasteiger partial charge is 0.229 e. The molecule has 2 rings (SSSR count). The summed E-state index contributed by atoms with van der Waals surface area (Å²) in [5.74, 6) is 1.24. The van der Waals surface area contributed by atoms with Crippen LogP contribution in [0.25, 0.3) is 11.5 Å². The number of hydrogen-bond donors (Lipinski definition) is 1. The van der Waals surface area contributed by atoms with Crippen LogP contribution in [0.3, 0.4) is 0 Å². The third kappa shape index (κ3) is 2.87. The van der Waals surface area contributed by atoms with E-state index in [1.807, 2.05) is 6.07 Å². The first kappa shape index (κ1) is 12.1. The molecule has 0 spiro atoms. The molecule has 92 valence electrons. The molecule has 0 saturated carbocycles. The molecule has 1 unspecified atom stereocenters. The molecule has 0 aliphatic heterocycles. The van der Waals surface area contributed by atoms with Crippen LogP contribution in [0.15, 0.2) is 16.8 Å². The summed E-state index contributed by atoms with van der Waals surface area (Å²) in [6.45, 7) is 1.77. The molecule has 2 aromatic rings. The summed E-state index contributed by atoms with van der Waals surface area (Å²) in [5, 5.41) is 21.7. The SMILES string of the molecule is Cc1nccc(-c2noc(CC(O)CC#N)n2)n1. The molecular formula is C11H11N5O2. The minimum atomic E-state index is -0.796. The zero-order valence-corrected chi connectivity index (χ0v) is 9.74. The van der Waals surface area contributed by atoms with Crippen LogP contribution >= 0.6 is 0 Å². The summed E-state index contributed by atoms with van der Waals surface area (Å²) in [4.78, 5) is 12.2. The van der Waals surface area contributed by atoms with Crippen molar-refractivity contribution in [1.82, 2.24) is 20.1 Å². The predicted molar refractivity (Wildman–Crippen MR) is 60.0 cm³/mol. The highest BCUT2D eigenvalue weighted by Gasteiger charge is 2.13. The van der Waals surface area contributed by atoms with Crippen LogP contribution < -0.4 is 0 Å². The third-order valence-corrected chi connectivity index (χ3v) is 2.21. The Hall–Kier alpha value is -2.33. The van der Waals surface area contributed by atoms with Crippen molar-refractivity contribution in [2.45, 2.75) is 25.9 Å². The van der Waals surface area contributed by atoms with Gasteiger partial charge >= 0.3 is 0 Å². The van der Waals surface area contributed by atoms with E-state index in [0.717, 1.165) is 0 Å². The summed E-state index contributed by atoms with van der Waals surface area (Å²) < 4.78 is 4.98. The largest absolute Gasteiger partial charge is 0.392 e. The number of nitrogens with zero attached hydrogens (tertiary/aromatic N) is 5. The highest BCUT2D eigenvalue weighted by atomic mass is 16.5. The highest BCUT2D eigenvalue weighted by Crippen LogP contribution is 2.13. The van der Waals surface area contributed by atoms with E-state index in [1.54, 1.807) is 19.2 Å². The number of aliphatic hydroxyl groups is 1. The van der Waals surface area contributed by atoms with Gasteiger partial charge in [0.1, 0.15) is 11.5 Å².